The third kappa shape index (κ3) is 3.92. The molecule has 2 aromatic rings. The first-order chi connectivity index (χ1) is 11.1. The molecule has 0 radical (unpaired) electrons. The van der Waals surface area contributed by atoms with Gasteiger partial charge in [0.2, 0.25) is 11.8 Å². The monoisotopic (exact) mass is 348 g/mol. The van der Waals surface area contributed by atoms with E-state index in [4.69, 9.17) is 11.6 Å². The number of halogens is 1. The molecule has 1 aliphatic rings. The molecule has 4 nitrogen and oxygen atoms in total. The summed E-state index contributed by atoms with van der Waals surface area (Å²) in [6, 6.07) is 11.2. The molecular formula is C17H17ClN2O2S. The Bertz CT molecular complexity index is 685. The summed E-state index contributed by atoms with van der Waals surface area (Å²) in [7, 11) is 0. The number of carbonyl (C=O) groups is 2. The number of nitrogens with zero attached hydrogens (tertiary/aromatic N) is 1. The van der Waals surface area contributed by atoms with E-state index in [1.165, 1.54) is 0 Å². The van der Waals surface area contributed by atoms with Crippen LogP contribution in [0.3, 0.4) is 0 Å². The van der Waals surface area contributed by atoms with Crippen LogP contribution in [0.1, 0.15) is 29.3 Å². The summed E-state index contributed by atoms with van der Waals surface area (Å²) in [5.74, 6) is -0.0899. The lowest BCUT2D eigenvalue weighted by Gasteiger charge is -2.21. The van der Waals surface area contributed by atoms with Gasteiger partial charge in [-0.3, -0.25) is 9.59 Å². The van der Waals surface area contributed by atoms with Crippen LogP contribution in [0.2, 0.25) is 5.02 Å². The van der Waals surface area contributed by atoms with Crippen molar-refractivity contribution >= 4 is 34.8 Å². The molecule has 0 saturated carbocycles. The Morgan fingerprint density at radius 2 is 2.09 bits per heavy atom. The maximum atomic E-state index is 12.4. The van der Waals surface area contributed by atoms with E-state index in [-0.39, 0.29) is 24.4 Å². The highest BCUT2D eigenvalue weighted by Crippen LogP contribution is 2.27. The Morgan fingerprint density at radius 3 is 2.70 bits per heavy atom. The number of carbonyl (C=O) groups excluding carboxylic acids is 2. The smallest absolute Gasteiger partial charge is 0.240 e. The number of hydrogen-bond donors (Lipinski definition) is 1. The molecule has 23 heavy (non-hydrogen) atoms. The number of nitrogens with one attached hydrogen (secondary N) is 1. The van der Waals surface area contributed by atoms with Gasteiger partial charge < -0.3 is 10.2 Å². The van der Waals surface area contributed by atoms with Crippen molar-refractivity contribution in [3.63, 3.8) is 0 Å². The quantitative estimate of drug-likeness (QED) is 0.901. The van der Waals surface area contributed by atoms with E-state index in [2.05, 4.69) is 5.32 Å². The van der Waals surface area contributed by atoms with Gasteiger partial charge in [-0.2, -0.15) is 0 Å². The Morgan fingerprint density at radius 1 is 1.30 bits per heavy atom. The second-order valence-electron chi connectivity index (χ2n) is 5.49. The topological polar surface area (TPSA) is 49.4 Å². The first kappa shape index (κ1) is 16.0. The predicted molar refractivity (Wildman–Crippen MR) is 91.6 cm³/mol. The van der Waals surface area contributed by atoms with Gasteiger partial charge in [-0.25, -0.2) is 0 Å². The van der Waals surface area contributed by atoms with Gasteiger partial charge in [0.15, 0.2) is 0 Å². The van der Waals surface area contributed by atoms with E-state index in [1.54, 1.807) is 16.2 Å². The molecule has 2 heterocycles. The van der Waals surface area contributed by atoms with Crippen LogP contribution in [0.5, 0.6) is 0 Å². The van der Waals surface area contributed by atoms with Crippen molar-refractivity contribution in [2.45, 2.75) is 18.9 Å². The minimum Gasteiger partial charge on any atom is -0.343 e. The molecule has 0 aliphatic carbocycles. The van der Waals surface area contributed by atoms with Crippen LogP contribution in [-0.2, 0) is 9.59 Å². The molecule has 6 heteroatoms. The third-order valence-corrected chi connectivity index (χ3v) is 5.03. The first-order valence-electron chi connectivity index (χ1n) is 7.49. The highest BCUT2D eigenvalue weighted by Gasteiger charge is 2.24. The summed E-state index contributed by atoms with van der Waals surface area (Å²) in [5.41, 5.74) is 0.970. The van der Waals surface area contributed by atoms with Crippen molar-refractivity contribution in [3.05, 3.63) is 57.2 Å². The minimum atomic E-state index is -0.225. The highest BCUT2D eigenvalue weighted by atomic mass is 35.5. The minimum absolute atomic E-state index is 0.0549. The molecule has 1 N–H and O–H groups in total. The van der Waals surface area contributed by atoms with Gasteiger partial charge in [-0.1, -0.05) is 29.8 Å². The van der Waals surface area contributed by atoms with Crippen LogP contribution < -0.4 is 5.32 Å². The standard InChI is InChI=1S/C17H17ClN2O2S/c18-13-7-5-12(6-8-13)17(14-3-2-10-23-14)19-15(21)11-20-9-1-4-16(20)22/h2-3,5-8,10,17H,1,4,9,11H2,(H,19,21)/t17-/m0/s1. The molecular weight excluding hydrogens is 332 g/mol. The van der Waals surface area contributed by atoms with E-state index in [9.17, 15) is 9.59 Å². The summed E-state index contributed by atoms with van der Waals surface area (Å²) in [6.07, 6.45) is 1.37. The van der Waals surface area contributed by atoms with Gasteiger partial charge in [0.1, 0.15) is 0 Å². The molecule has 120 valence electrons. The molecule has 2 amide bonds. The van der Waals surface area contributed by atoms with E-state index < -0.39 is 0 Å². The maximum Gasteiger partial charge on any atom is 0.240 e. The summed E-state index contributed by atoms with van der Waals surface area (Å²) in [4.78, 5) is 26.7. The van der Waals surface area contributed by atoms with Gasteiger partial charge in [0.25, 0.3) is 0 Å². The van der Waals surface area contributed by atoms with Crippen LogP contribution >= 0.6 is 22.9 Å². The van der Waals surface area contributed by atoms with Crippen molar-refractivity contribution in [2.75, 3.05) is 13.1 Å². The Labute approximate surface area is 144 Å². The summed E-state index contributed by atoms with van der Waals surface area (Å²) in [6.45, 7) is 0.783. The zero-order valence-electron chi connectivity index (χ0n) is 12.5. The van der Waals surface area contributed by atoms with Crippen molar-refractivity contribution in [3.8, 4) is 0 Å². The molecule has 1 aromatic heterocycles. The highest BCUT2D eigenvalue weighted by molar-refractivity contribution is 7.10. The first-order valence-corrected chi connectivity index (χ1v) is 8.75. The van der Waals surface area contributed by atoms with Crippen LogP contribution in [0, 0.1) is 0 Å². The molecule has 1 aliphatic heterocycles. The van der Waals surface area contributed by atoms with E-state index >= 15 is 0 Å². The SMILES string of the molecule is O=C(CN1CCCC1=O)N[C@@H](c1ccc(Cl)cc1)c1cccs1. The second-order valence-corrected chi connectivity index (χ2v) is 6.90. The fourth-order valence-corrected chi connectivity index (χ4v) is 3.61. The fourth-order valence-electron chi connectivity index (χ4n) is 2.68. The molecule has 0 unspecified atom stereocenters. The lowest BCUT2D eigenvalue weighted by Crippen LogP contribution is -2.39. The van der Waals surface area contributed by atoms with Gasteiger partial charge in [0, 0.05) is 22.9 Å². The number of benzene rings is 1. The second kappa shape index (κ2) is 7.15. The maximum absolute atomic E-state index is 12.4. The van der Waals surface area contributed by atoms with Crippen LogP contribution in [-0.4, -0.2) is 29.8 Å². The number of likely N-dealkylation sites (tertiary alicyclic amines) is 1. The van der Waals surface area contributed by atoms with E-state index in [1.807, 2.05) is 41.8 Å². The molecule has 1 saturated heterocycles. The average Bonchev–Trinajstić information content (AvgIpc) is 3.19. The summed E-state index contributed by atoms with van der Waals surface area (Å²) < 4.78 is 0. The van der Waals surface area contributed by atoms with Crippen LogP contribution in [0.15, 0.2) is 41.8 Å². The molecule has 1 fully saturated rings. The van der Waals surface area contributed by atoms with Gasteiger partial charge in [0.05, 0.1) is 12.6 Å². The summed E-state index contributed by atoms with van der Waals surface area (Å²) in [5, 5.41) is 5.68. The zero-order valence-corrected chi connectivity index (χ0v) is 14.1. The Hall–Kier alpha value is -1.85. The van der Waals surface area contributed by atoms with E-state index in [0.29, 0.717) is 18.0 Å². The van der Waals surface area contributed by atoms with Crippen molar-refractivity contribution in [2.24, 2.45) is 0 Å². The van der Waals surface area contributed by atoms with Crippen molar-refractivity contribution in [1.29, 1.82) is 0 Å². The molecule has 0 spiro atoms. The number of amides is 2. The van der Waals surface area contributed by atoms with Crippen LogP contribution in [0.4, 0.5) is 0 Å². The summed E-state index contributed by atoms with van der Waals surface area (Å²) >= 11 is 7.53. The van der Waals surface area contributed by atoms with Gasteiger partial charge in [-0.15, -0.1) is 11.3 Å². The van der Waals surface area contributed by atoms with Crippen molar-refractivity contribution < 1.29 is 9.59 Å². The molecule has 1 aromatic carbocycles. The number of thiophene rings is 1. The lowest BCUT2D eigenvalue weighted by atomic mass is 10.1. The van der Waals surface area contributed by atoms with Gasteiger partial charge >= 0.3 is 0 Å². The van der Waals surface area contributed by atoms with Crippen molar-refractivity contribution in [1.82, 2.24) is 10.2 Å². The van der Waals surface area contributed by atoms with E-state index in [0.717, 1.165) is 16.9 Å². The van der Waals surface area contributed by atoms with Crippen LogP contribution in [0.25, 0.3) is 0 Å². The van der Waals surface area contributed by atoms with Gasteiger partial charge in [-0.05, 0) is 35.6 Å². The number of rotatable bonds is 5. The molecule has 0 bridgehead atoms. The Kier molecular flexibility index (Phi) is 4.98. The third-order valence-electron chi connectivity index (χ3n) is 3.84. The lowest BCUT2D eigenvalue weighted by molar-refractivity contribution is -0.133. The Balaban J connectivity index is 1.75. The molecule has 1 atom stereocenters. The normalized spacial score (nSPS) is 15.7. The fraction of sp³-hybridized carbons (Fsp3) is 0.294. The zero-order chi connectivity index (χ0) is 16.2. The average molecular weight is 349 g/mol. The molecule has 3 rings (SSSR count). The predicted octanol–water partition coefficient (Wildman–Crippen LogP) is 3.23. The number of hydrogen-bond acceptors (Lipinski definition) is 3. The largest absolute Gasteiger partial charge is 0.343 e.